The van der Waals surface area contributed by atoms with Crippen LogP contribution in [0.25, 0.3) is 5.82 Å². The zero-order valence-corrected chi connectivity index (χ0v) is 14.2. The molecule has 0 bridgehead atoms. The van der Waals surface area contributed by atoms with Gasteiger partial charge in [-0.3, -0.25) is 0 Å². The van der Waals surface area contributed by atoms with Crippen molar-refractivity contribution >= 4 is 17.2 Å². The van der Waals surface area contributed by atoms with Crippen molar-refractivity contribution in [2.24, 2.45) is 0 Å². The minimum absolute atomic E-state index is 0.117. The minimum atomic E-state index is -0.198. The maximum absolute atomic E-state index is 14.1. The fourth-order valence-corrected chi connectivity index (χ4v) is 3.29. The number of piperidine rings is 1. The molecule has 1 fully saturated rings. The summed E-state index contributed by atoms with van der Waals surface area (Å²) in [4.78, 5) is 10.5. The minimum Gasteiger partial charge on any atom is -0.393 e. The first-order valence-corrected chi connectivity index (χ1v) is 8.59. The van der Waals surface area contributed by atoms with Crippen molar-refractivity contribution in [3.05, 3.63) is 54.9 Å². The normalized spacial score (nSPS) is 17.3. The van der Waals surface area contributed by atoms with E-state index >= 15 is 0 Å². The van der Waals surface area contributed by atoms with Crippen LogP contribution in [0, 0.1) is 5.82 Å². The van der Waals surface area contributed by atoms with E-state index in [1.165, 1.54) is 12.4 Å². The number of aromatic nitrogens is 4. The van der Waals surface area contributed by atoms with Crippen LogP contribution in [0.1, 0.15) is 12.8 Å². The molecule has 1 aromatic carbocycles. The van der Waals surface area contributed by atoms with E-state index in [0.29, 0.717) is 29.6 Å². The Bertz CT molecular complexity index is 881. The highest BCUT2D eigenvalue weighted by Gasteiger charge is 2.23. The van der Waals surface area contributed by atoms with Gasteiger partial charge in [-0.1, -0.05) is 12.1 Å². The lowest BCUT2D eigenvalue weighted by Gasteiger charge is -2.35. The van der Waals surface area contributed by atoms with E-state index in [9.17, 15) is 4.39 Å². The van der Waals surface area contributed by atoms with Crippen LogP contribution in [-0.2, 0) is 0 Å². The molecule has 1 saturated heterocycles. The average molecular weight is 353 g/mol. The van der Waals surface area contributed by atoms with E-state index in [1.807, 2.05) is 18.2 Å². The number of rotatable bonds is 4. The van der Waals surface area contributed by atoms with Crippen molar-refractivity contribution in [1.82, 2.24) is 19.7 Å². The van der Waals surface area contributed by atoms with Crippen molar-refractivity contribution in [2.45, 2.75) is 18.9 Å². The second-order valence-corrected chi connectivity index (χ2v) is 6.29. The number of anilines is 3. The summed E-state index contributed by atoms with van der Waals surface area (Å²) in [5.41, 5.74) is 7.31. The van der Waals surface area contributed by atoms with Gasteiger partial charge in [-0.25, -0.2) is 19.0 Å². The molecule has 4 rings (SSSR count). The lowest BCUT2D eigenvalue weighted by molar-refractivity contribution is 0.518. The van der Waals surface area contributed by atoms with E-state index in [-0.39, 0.29) is 11.9 Å². The molecule has 3 aromatic rings. The molecule has 7 nitrogen and oxygen atoms in total. The van der Waals surface area contributed by atoms with Gasteiger partial charge in [0.2, 0.25) is 0 Å². The Morgan fingerprint density at radius 1 is 1.19 bits per heavy atom. The lowest BCUT2D eigenvalue weighted by Crippen LogP contribution is -2.42. The first-order valence-electron chi connectivity index (χ1n) is 8.59. The molecule has 0 spiro atoms. The zero-order chi connectivity index (χ0) is 17.9. The van der Waals surface area contributed by atoms with E-state index in [1.54, 1.807) is 23.1 Å². The predicted molar refractivity (Wildman–Crippen MR) is 98.8 cm³/mol. The molecule has 0 aliphatic carbocycles. The average Bonchev–Trinajstić information content (AvgIpc) is 3.19. The first-order chi connectivity index (χ1) is 12.7. The summed E-state index contributed by atoms with van der Waals surface area (Å²) in [6, 6.07) is 8.79. The van der Waals surface area contributed by atoms with Crippen molar-refractivity contribution in [3.63, 3.8) is 0 Å². The topological polar surface area (TPSA) is 84.9 Å². The predicted octanol–water partition coefficient (Wildman–Crippen LogP) is 2.46. The second kappa shape index (κ2) is 6.99. The van der Waals surface area contributed by atoms with Crippen LogP contribution in [0.15, 0.2) is 49.1 Å². The van der Waals surface area contributed by atoms with Crippen molar-refractivity contribution in [2.75, 3.05) is 29.0 Å². The van der Waals surface area contributed by atoms with Crippen LogP contribution < -0.4 is 16.0 Å². The van der Waals surface area contributed by atoms with Gasteiger partial charge in [-0.2, -0.15) is 5.10 Å². The number of nitrogens with one attached hydrogen (secondary N) is 1. The molecule has 0 radical (unpaired) electrons. The molecule has 134 valence electrons. The number of nitrogens with zero attached hydrogens (tertiary/aromatic N) is 5. The number of hydrogen-bond donors (Lipinski definition) is 2. The maximum atomic E-state index is 14.1. The van der Waals surface area contributed by atoms with Gasteiger partial charge in [-0.05, 0) is 31.0 Å². The summed E-state index contributed by atoms with van der Waals surface area (Å²) in [7, 11) is 0. The lowest BCUT2D eigenvalue weighted by atomic mass is 10.0. The quantitative estimate of drug-likeness (QED) is 0.749. The Kier molecular flexibility index (Phi) is 4.39. The van der Waals surface area contributed by atoms with Gasteiger partial charge in [0, 0.05) is 31.5 Å². The monoisotopic (exact) mass is 353 g/mol. The van der Waals surface area contributed by atoms with Crippen molar-refractivity contribution in [3.8, 4) is 5.82 Å². The number of para-hydroxylation sites is 1. The van der Waals surface area contributed by atoms with Crippen LogP contribution in [-0.4, -0.2) is 38.9 Å². The highest BCUT2D eigenvalue weighted by molar-refractivity contribution is 5.69. The highest BCUT2D eigenvalue weighted by atomic mass is 19.1. The summed E-state index contributed by atoms with van der Waals surface area (Å²) in [6.07, 6.45) is 6.84. The van der Waals surface area contributed by atoms with E-state index in [2.05, 4.69) is 25.3 Å². The molecule has 8 heteroatoms. The number of nitrogen functional groups attached to an aromatic ring is 1. The van der Waals surface area contributed by atoms with E-state index in [0.717, 1.165) is 19.4 Å². The Morgan fingerprint density at radius 3 is 2.88 bits per heavy atom. The van der Waals surface area contributed by atoms with Gasteiger partial charge in [0.05, 0.1) is 5.69 Å². The number of halogens is 1. The molecule has 1 atom stereocenters. The largest absolute Gasteiger partial charge is 0.393 e. The molecule has 3 N–H and O–H groups in total. The molecule has 2 aromatic heterocycles. The van der Waals surface area contributed by atoms with Crippen LogP contribution in [0.3, 0.4) is 0 Å². The Balaban J connectivity index is 1.53. The molecule has 0 amide bonds. The molecule has 26 heavy (non-hydrogen) atoms. The molecule has 3 heterocycles. The fraction of sp³-hybridized carbons (Fsp3) is 0.278. The molecular weight excluding hydrogens is 333 g/mol. The van der Waals surface area contributed by atoms with Gasteiger partial charge >= 0.3 is 0 Å². The number of nitrogens with two attached hydrogens (primary N) is 1. The summed E-state index contributed by atoms with van der Waals surface area (Å²) in [5.74, 6) is 0.913. The van der Waals surface area contributed by atoms with Crippen LogP contribution in [0.4, 0.5) is 21.6 Å². The van der Waals surface area contributed by atoms with Crippen LogP contribution in [0.2, 0.25) is 0 Å². The van der Waals surface area contributed by atoms with Crippen molar-refractivity contribution in [1.29, 1.82) is 0 Å². The third-order valence-electron chi connectivity index (χ3n) is 4.54. The fourth-order valence-electron chi connectivity index (χ4n) is 3.29. The summed E-state index contributed by atoms with van der Waals surface area (Å²) in [6.45, 7) is 1.51. The van der Waals surface area contributed by atoms with Gasteiger partial charge < -0.3 is 16.0 Å². The third-order valence-corrected chi connectivity index (χ3v) is 4.54. The van der Waals surface area contributed by atoms with E-state index in [4.69, 9.17) is 5.73 Å². The van der Waals surface area contributed by atoms with Gasteiger partial charge in [0.1, 0.15) is 17.8 Å². The Labute approximate surface area is 150 Å². The standard InChI is InChI=1S/C18H20FN7/c19-14-6-1-2-7-15(14)25-9-3-5-13(11-25)24-17-16(20)18(22-12-21-17)26-10-4-8-23-26/h1-2,4,6-8,10,12-13H,3,5,9,11,20H2,(H,21,22,24). The maximum Gasteiger partial charge on any atom is 0.181 e. The van der Waals surface area contributed by atoms with Crippen LogP contribution >= 0.6 is 0 Å². The second-order valence-electron chi connectivity index (χ2n) is 6.29. The van der Waals surface area contributed by atoms with E-state index < -0.39 is 0 Å². The number of hydrogen-bond acceptors (Lipinski definition) is 6. The molecule has 1 unspecified atom stereocenters. The number of benzene rings is 1. The summed E-state index contributed by atoms with van der Waals surface area (Å²) < 4.78 is 15.7. The van der Waals surface area contributed by atoms with Gasteiger partial charge in [-0.15, -0.1) is 0 Å². The Morgan fingerprint density at radius 2 is 2.08 bits per heavy atom. The zero-order valence-electron chi connectivity index (χ0n) is 14.2. The van der Waals surface area contributed by atoms with Gasteiger partial charge in [0.15, 0.2) is 11.6 Å². The van der Waals surface area contributed by atoms with Crippen molar-refractivity contribution < 1.29 is 4.39 Å². The molecule has 0 saturated carbocycles. The summed E-state index contributed by atoms with van der Waals surface area (Å²) >= 11 is 0. The summed E-state index contributed by atoms with van der Waals surface area (Å²) in [5, 5.41) is 7.55. The highest BCUT2D eigenvalue weighted by Crippen LogP contribution is 2.26. The Hall–Kier alpha value is -3.16. The molecule has 1 aliphatic heterocycles. The van der Waals surface area contributed by atoms with Gasteiger partial charge in [0.25, 0.3) is 0 Å². The molecular formula is C18H20FN7. The molecule has 1 aliphatic rings. The smallest absolute Gasteiger partial charge is 0.181 e. The third kappa shape index (κ3) is 3.17. The first kappa shape index (κ1) is 16.3. The van der Waals surface area contributed by atoms with Crippen LogP contribution in [0.5, 0.6) is 0 Å². The SMILES string of the molecule is Nc1c(NC2CCCN(c3ccccc3F)C2)ncnc1-n1cccn1.